The van der Waals surface area contributed by atoms with Gasteiger partial charge in [-0.15, -0.1) is 0 Å². The molecule has 0 fully saturated rings. The van der Waals surface area contributed by atoms with Crippen molar-refractivity contribution < 1.29 is 13.2 Å². The van der Waals surface area contributed by atoms with Crippen LogP contribution in [0.2, 0.25) is 0 Å². The second-order valence-corrected chi connectivity index (χ2v) is 5.71. The molecule has 0 saturated carbocycles. The number of aromatic nitrogens is 2. The van der Waals surface area contributed by atoms with Crippen LogP contribution in [0.1, 0.15) is 36.4 Å². The van der Waals surface area contributed by atoms with E-state index in [2.05, 4.69) is 15.3 Å². The molecule has 2 rings (SSSR count). The Morgan fingerprint density at radius 1 is 1.05 bits per heavy atom. The highest BCUT2D eigenvalue weighted by Crippen LogP contribution is 2.32. The van der Waals surface area contributed by atoms with Gasteiger partial charge in [0.05, 0.1) is 17.0 Å². The van der Waals surface area contributed by atoms with Gasteiger partial charge in [-0.2, -0.15) is 13.2 Å². The van der Waals surface area contributed by atoms with Crippen molar-refractivity contribution >= 4 is 0 Å². The van der Waals surface area contributed by atoms with Gasteiger partial charge in [0.25, 0.3) is 0 Å². The molecule has 0 atom stereocenters. The van der Waals surface area contributed by atoms with Crippen LogP contribution in [0.3, 0.4) is 0 Å². The molecule has 0 unspecified atom stereocenters. The van der Waals surface area contributed by atoms with Crippen LogP contribution in [-0.2, 0) is 18.3 Å². The minimum Gasteiger partial charge on any atom is -0.302 e. The van der Waals surface area contributed by atoms with Crippen LogP contribution < -0.4 is 5.32 Å². The molecule has 0 aliphatic carbocycles. The molecule has 1 N–H and O–H groups in total. The van der Waals surface area contributed by atoms with Gasteiger partial charge < -0.3 is 5.32 Å². The highest BCUT2D eigenvalue weighted by Gasteiger charge is 2.32. The fraction of sp³-hybridized carbons (Fsp3) is 0.375. The first-order valence-electron chi connectivity index (χ1n) is 6.89. The zero-order valence-electron chi connectivity index (χ0n) is 12.7. The van der Waals surface area contributed by atoms with Crippen molar-refractivity contribution in [2.45, 2.75) is 39.0 Å². The average Bonchev–Trinajstić information content (AvgIpc) is 2.46. The molecule has 0 radical (unpaired) electrons. The van der Waals surface area contributed by atoms with Crippen LogP contribution in [0.4, 0.5) is 13.2 Å². The van der Waals surface area contributed by atoms with Crippen LogP contribution in [0.25, 0.3) is 0 Å². The molecular formula is C16H18F3N3. The van der Waals surface area contributed by atoms with Crippen LogP contribution in [0.5, 0.6) is 0 Å². The quantitative estimate of drug-likeness (QED) is 0.933. The van der Waals surface area contributed by atoms with Gasteiger partial charge in [-0.3, -0.25) is 9.97 Å². The Morgan fingerprint density at radius 3 is 2.32 bits per heavy atom. The van der Waals surface area contributed by atoms with E-state index in [1.807, 2.05) is 20.8 Å². The lowest BCUT2D eigenvalue weighted by molar-refractivity contribution is -0.137. The van der Waals surface area contributed by atoms with Crippen LogP contribution >= 0.6 is 0 Å². The Bertz CT molecular complexity index is 634. The lowest BCUT2D eigenvalue weighted by Gasteiger charge is -2.27. The minimum atomic E-state index is -4.34. The smallest absolute Gasteiger partial charge is 0.302 e. The minimum absolute atomic E-state index is 0.427. The molecule has 2 aromatic rings. The van der Waals surface area contributed by atoms with E-state index in [1.165, 1.54) is 12.1 Å². The summed E-state index contributed by atoms with van der Waals surface area (Å²) < 4.78 is 38.4. The molecule has 118 valence electrons. The van der Waals surface area contributed by atoms with E-state index < -0.39 is 17.3 Å². The summed E-state index contributed by atoms with van der Waals surface area (Å²) in [5.41, 5.74) is 0.873. The van der Waals surface area contributed by atoms with Crippen molar-refractivity contribution in [2.75, 3.05) is 0 Å². The van der Waals surface area contributed by atoms with E-state index in [1.54, 1.807) is 18.5 Å². The number of hydrogen-bond donors (Lipinski definition) is 1. The second-order valence-electron chi connectivity index (χ2n) is 5.71. The fourth-order valence-corrected chi connectivity index (χ4v) is 2.01. The van der Waals surface area contributed by atoms with Crippen LogP contribution in [0, 0.1) is 6.92 Å². The number of nitrogens with one attached hydrogen (secondary N) is 1. The van der Waals surface area contributed by atoms with Gasteiger partial charge in [0.15, 0.2) is 0 Å². The van der Waals surface area contributed by atoms with Crippen LogP contribution in [0.15, 0.2) is 36.7 Å². The SMILES string of the molecule is Cc1cnc(CNC(C)(C)c2cccc(C(F)(F)F)c2)cn1. The average molecular weight is 309 g/mol. The van der Waals surface area contributed by atoms with E-state index in [0.717, 1.165) is 17.5 Å². The maximum Gasteiger partial charge on any atom is 0.416 e. The van der Waals surface area contributed by atoms with Gasteiger partial charge >= 0.3 is 6.18 Å². The number of hydrogen-bond acceptors (Lipinski definition) is 3. The monoisotopic (exact) mass is 309 g/mol. The maximum atomic E-state index is 12.8. The molecule has 6 heteroatoms. The van der Waals surface area contributed by atoms with Crippen LogP contribution in [-0.4, -0.2) is 9.97 Å². The normalized spacial score (nSPS) is 12.5. The summed E-state index contributed by atoms with van der Waals surface area (Å²) in [7, 11) is 0. The number of aryl methyl sites for hydroxylation is 1. The van der Waals surface area contributed by atoms with Crippen molar-refractivity contribution in [2.24, 2.45) is 0 Å². The van der Waals surface area contributed by atoms with E-state index in [-0.39, 0.29) is 0 Å². The van der Waals surface area contributed by atoms with E-state index >= 15 is 0 Å². The molecule has 0 aliphatic rings. The molecule has 22 heavy (non-hydrogen) atoms. The standard InChI is InChI=1S/C16H18F3N3/c1-11-8-21-14(9-20-11)10-22-15(2,3)12-5-4-6-13(7-12)16(17,18)19/h4-9,22H,10H2,1-3H3. The number of benzene rings is 1. The lowest BCUT2D eigenvalue weighted by Crippen LogP contribution is -2.36. The maximum absolute atomic E-state index is 12.8. The summed E-state index contributed by atoms with van der Waals surface area (Å²) >= 11 is 0. The molecule has 3 nitrogen and oxygen atoms in total. The number of alkyl halides is 3. The number of halogens is 3. The summed E-state index contributed by atoms with van der Waals surface area (Å²) in [4.78, 5) is 8.37. The van der Waals surface area contributed by atoms with Gasteiger partial charge in [-0.25, -0.2) is 0 Å². The van der Waals surface area contributed by atoms with Crippen molar-refractivity contribution in [3.8, 4) is 0 Å². The first kappa shape index (κ1) is 16.4. The molecule has 0 spiro atoms. The molecule has 0 saturated heterocycles. The van der Waals surface area contributed by atoms with Gasteiger partial charge in [-0.05, 0) is 38.5 Å². The van der Waals surface area contributed by atoms with Gasteiger partial charge in [0.1, 0.15) is 0 Å². The first-order valence-corrected chi connectivity index (χ1v) is 6.89. The fourth-order valence-electron chi connectivity index (χ4n) is 2.01. The van der Waals surface area contributed by atoms with Gasteiger partial charge in [-0.1, -0.05) is 12.1 Å². The lowest BCUT2D eigenvalue weighted by atomic mass is 9.92. The molecule has 0 amide bonds. The number of rotatable bonds is 4. The highest BCUT2D eigenvalue weighted by molar-refractivity contribution is 5.30. The second kappa shape index (κ2) is 6.04. The Hall–Kier alpha value is -1.95. The third-order valence-electron chi connectivity index (χ3n) is 3.46. The highest BCUT2D eigenvalue weighted by atomic mass is 19.4. The van der Waals surface area contributed by atoms with Crippen molar-refractivity contribution in [1.29, 1.82) is 0 Å². The third kappa shape index (κ3) is 4.04. The summed E-state index contributed by atoms with van der Waals surface area (Å²) in [5.74, 6) is 0. The van der Waals surface area contributed by atoms with Crippen molar-refractivity contribution in [3.05, 3.63) is 59.2 Å². The molecule has 1 aromatic heterocycles. The zero-order valence-corrected chi connectivity index (χ0v) is 12.7. The third-order valence-corrected chi connectivity index (χ3v) is 3.46. The van der Waals surface area contributed by atoms with E-state index in [0.29, 0.717) is 12.1 Å². The van der Waals surface area contributed by atoms with Crippen molar-refractivity contribution in [3.63, 3.8) is 0 Å². The van der Waals surface area contributed by atoms with Gasteiger partial charge in [0, 0.05) is 24.5 Å². The molecule has 0 aliphatic heterocycles. The molecule has 1 aromatic carbocycles. The molecule has 1 heterocycles. The van der Waals surface area contributed by atoms with Crippen molar-refractivity contribution in [1.82, 2.24) is 15.3 Å². The first-order chi connectivity index (χ1) is 10.2. The Kier molecular flexibility index (Phi) is 4.51. The Balaban J connectivity index is 2.14. The Morgan fingerprint density at radius 2 is 1.73 bits per heavy atom. The summed E-state index contributed by atoms with van der Waals surface area (Å²) in [5, 5.41) is 3.22. The largest absolute Gasteiger partial charge is 0.416 e. The van der Waals surface area contributed by atoms with E-state index in [4.69, 9.17) is 0 Å². The summed E-state index contributed by atoms with van der Waals surface area (Å²) in [6, 6.07) is 5.36. The zero-order chi connectivity index (χ0) is 16.4. The molecule has 0 bridgehead atoms. The van der Waals surface area contributed by atoms with Gasteiger partial charge in [0.2, 0.25) is 0 Å². The summed E-state index contributed by atoms with van der Waals surface area (Å²) in [6.07, 6.45) is -1.02. The predicted molar refractivity (Wildman–Crippen MR) is 78.1 cm³/mol. The topological polar surface area (TPSA) is 37.8 Å². The van der Waals surface area contributed by atoms with E-state index in [9.17, 15) is 13.2 Å². The Labute approximate surface area is 127 Å². The number of nitrogens with zero attached hydrogens (tertiary/aromatic N) is 2. The predicted octanol–water partition coefficient (Wildman–Crippen LogP) is 3.83. The molecular weight excluding hydrogens is 291 g/mol. The summed E-state index contributed by atoms with van der Waals surface area (Å²) in [6.45, 7) is 5.95.